The molecule has 0 bridgehead atoms. The summed E-state index contributed by atoms with van der Waals surface area (Å²) in [4.78, 5) is 10.0. The van der Waals surface area contributed by atoms with Crippen molar-refractivity contribution in [3.8, 4) is 11.3 Å². The molecule has 1 aromatic carbocycles. The minimum absolute atomic E-state index is 0.692. The van der Waals surface area contributed by atoms with Gasteiger partial charge >= 0.3 is 0 Å². The second kappa shape index (κ2) is 6.52. The average molecular weight is 259 g/mol. The van der Waals surface area contributed by atoms with Gasteiger partial charge in [0.15, 0.2) is 0 Å². The molecule has 1 heterocycles. The molecule has 0 fully saturated rings. The number of hydrogen-bond donors (Lipinski definition) is 1. The quantitative estimate of drug-likeness (QED) is 0.838. The molecule has 0 saturated heterocycles. The Kier molecular flexibility index (Phi) is 4.73. The molecule has 94 valence electrons. The molecule has 0 aliphatic rings. The van der Waals surface area contributed by atoms with Crippen LogP contribution in [0.25, 0.3) is 11.3 Å². The molecule has 0 unspecified atom stereocenters. The molecule has 0 saturated carbocycles. The zero-order valence-electron chi connectivity index (χ0n) is 10.7. The monoisotopic (exact) mass is 259 g/mol. The Morgan fingerprint density at radius 1 is 1.17 bits per heavy atom. The third-order valence-electron chi connectivity index (χ3n) is 2.50. The normalized spacial score (nSPS) is 10.6. The lowest BCUT2D eigenvalue weighted by atomic mass is 10.1. The fourth-order valence-electron chi connectivity index (χ4n) is 1.69. The first-order chi connectivity index (χ1) is 8.83. The summed E-state index contributed by atoms with van der Waals surface area (Å²) >= 11 is 1.85. The van der Waals surface area contributed by atoms with Crippen molar-refractivity contribution in [2.75, 3.05) is 12.8 Å². The minimum Gasteiger partial charge on any atom is -0.313 e. The lowest BCUT2D eigenvalue weighted by Crippen LogP contribution is -2.09. The van der Waals surface area contributed by atoms with Gasteiger partial charge in [0, 0.05) is 16.7 Å². The number of benzene rings is 1. The Labute approximate surface area is 112 Å². The van der Waals surface area contributed by atoms with Crippen molar-refractivity contribution in [3.63, 3.8) is 0 Å². The van der Waals surface area contributed by atoms with Crippen molar-refractivity contribution in [3.05, 3.63) is 42.4 Å². The molecule has 3 nitrogen and oxygen atoms in total. The van der Waals surface area contributed by atoms with E-state index in [1.54, 1.807) is 0 Å². The summed E-state index contributed by atoms with van der Waals surface area (Å²) in [6, 6.07) is 10.5. The second-order valence-electron chi connectivity index (χ2n) is 3.85. The first-order valence-electron chi connectivity index (χ1n) is 6.03. The van der Waals surface area contributed by atoms with E-state index >= 15 is 0 Å². The van der Waals surface area contributed by atoms with Crippen LogP contribution in [-0.2, 0) is 6.54 Å². The fraction of sp³-hybridized carbons (Fsp3) is 0.286. The zero-order chi connectivity index (χ0) is 12.8. The van der Waals surface area contributed by atoms with Crippen LogP contribution < -0.4 is 5.32 Å². The molecule has 0 spiro atoms. The maximum absolute atomic E-state index is 4.53. The summed E-state index contributed by atoms with van der Waals surface area (Å²) in [6.07, 6.45) is 1.81. The summed E-state index contributed by atoms with van der Waals surface area (Å²) < 4.78 is 0. The van der Waals surface area contributed by atoms with E-state index in [1.165, 1.54) is 4.90 Å². The predicted molar refractivity (Wildman–Crippen MR) is 76.6 cm³/mol. The number of aromatic nitrogens is 2. The van der Waals surface area contributed by atoms with E-state index in [4.69, 9.17) is 0 Å². The molecule has 0 atom stereocenters. The van der Waals surface area contributed by atoms with Crippen molar-refractivity contribution in [1.82, 2.24) is 15.3 Å². The zero-order valence-corrected chi connectivity index (χ0v) is 11.5. The lowest BCUT2D eigenvalue weighted by molar-refractivity contribution is 0.759. The Hall–Kier alpha value is -1.39. The Bertz CT molecular complexity index is 497. The molecular formula is C14H17N3S. The van der Waals surface area contributed by atoms with Gasteiger partial charge < -0.3 is 5.32 Å². The van der Waals surface area contributed by atoms with Gasteiger partial charge in [-0.2, -0.15) is 0 Å². The van der Waals surface area contributed by atoms with Gasteiger partial charge in [-0.3, -0.25) is 0 Å². The number of nitrogens with one attached hydrogen (secondary N) is 1. The smallest absolute Gasteiger partial charge is 0.142 e. The first-order valence-corrected chi connectivity index (χ1v) is 7.02. The Morgan fingerprint density at radius 3 is 2.61 bits per heavy atom. The van der Waals surface area contributed by atoms with E-state index in [1.807, 2.05) is 31.1 Å². The third kappa shape index (κ3) is 3.31. The molecule has 2 rings (SSSR count). The highest BCUT2D eigenvalue weighted by atomic mass is 32.2. The van der Waals surface area contributed by atoms with E-state index < -0.39 is 0 Å². The Morgan fingerprint density at radius 2 is 1.94 bits per heavy atom. The van der Waals surface area contributed by atoms with Crippen LogP contribution in [0.15, 0.2) is 41.4 Å². The van der Waals surface area contributed by atoms with Gasteiger partial charge in [-0.05, 0) is 31.0 Å². The summed E-state index contributed by atoms with van der Waals surface area (Å²) in [5, 5.41) is 3.06. The van der Waals surface area contributed by atoms with Gasteiger partial charge in [0.1, 0.15) is 5.82 Å². The molecule has 1 N–H and O–H groups in total. The van der Waals surface area contributed by atoms with Crippen molar-refractivity contribution >= 4 is 11.8 Å². The topological polar surface area (TPSA) is 37.8 Å². The van der Waals surface area contributed by atoms with Gasteiger partial charge in [0.2, 0.25) is 0 Å². The van der Waals surface area contributed by atoms with Gasteiger partial charge in [-0.25, -0.2) is 9.97 Å². The van der Waals surface area contributed by atoms with Gasteiger partial charge in [-0.15, -0.1) is 11.8 Å². The van der Waals surface area contributed by atoms with Crippen LogP contribution in [0.2, 0.25) is 0 Å². The van der Waals surface area contributed by atoms with E-state index in [0.717, 1.165) is 22.8 Å². The first kappa shape index (κ1) is 13.1. The maximum atomic E-state index is 4.53. The van der Waals surface area contributed by atoms with E-state index in [0.29, 0.717) is 6.54 Å². The number of rotatable bonds is 5. The van der Waals surface area contributed by atoms with E-state index in [-0.39, 0.29) is 0 Å². The molecule has 0 radical (unpaired) electrons. The molecule has 2 aromatic rings. The minimum atomic E-state index is 0.692. The van der Waals surface area contributed by atoms with Gasteiger partial charge in [0.05, 0.1) is 12.2 Å². The predicted octanol–water partition coefficient (Wildman–Crippen LogP) is 2.98. The van der Waals surface area contributed by atoms with Crippen LogP contribution in [0, 0.1) is 0 Å². The van der Waals surface area contributed by atoms with Gasteiger partial charge in [0.25, 0.3) is 0 Å². The summed E-state index contributed by atoms with van der Waals surface area (Å²) in [5.41, 5.74) is 2.11. The number of thioether (sulfide) groups is 1. The highest BCUT2D eigenvalue weighted by Crippen LogP contribution is 2.22. The molecule has 0 amide bonds. The molecular weight excluding hydrogens is 242 g/mol. The van der Waals surface area contributed by atoms with Crippen LogP contribution in [0.1, 0.15) is 12.7 Å². The lowest BCUT2D eigenvalue weighted by Gasteiger charge is -2.04. The molecule has 0 aliphatic heterocycles. The van der Waals surface area contributed by atoms with Crippen LogP contribution in [0.4, 0.5) is 0 Å². The van der Waals surface area contributed by atoms with Crippen molar-refractivity contribution in [1.29, 1.82) is 0 Å². The molecule has 1 aromatic heterocycles. The molecule has 0 aliphatic carbocycles. The van der Waals surface area contributed by atoms with Gasteiger partial charge in [-0.1, -0.05) is 19.1 Å². The third-order valence-corrected chi connectivity index (χ3v) is 3.40. The fourth-order valence-corrected chi connectivity index (χ4v) is 2.35. The molecule has 4 heteroatoms. The summed E-state index contributed by atoms with van der Waals surface area (Å²) in [5.74, 6) is 1.92. The average Bonchev–Trinajstić information content (AvgIpc) is 2.41. The SMILES string of the molecule is CCSc1ccc(-c2ccnc(CNC)n2)cc1. The van der Waals surface area contributed by atoms with E-state index in [2.05, 4.69) is 46.5 Å². The number of nitrogens with zero attached hydrogens (tertiary/aromatic N) is 2. The van der Waals surface area contributed by atoms with E-state index in [9.17, 15) is 0 Å². The van der Waals surface area contributed by atoms with Crippen molar-refractivity contribution < 1.29 is 0 Å². The summed E-state index contributed by atoms with van der Waals surface area (Å²) in [7, 11) is 1.90. The maximum Gasteiger partial charge on any atom is 0.142 e. The number of hydrogen-bond acceptors (Lipinski definition) is 4. The largest absolute Gasteiger partial charge is 0.313 e. The van der Waals surface area contributed by atoms with Crippen LogP contribution in [0.5, 0.6) is 0 Å². The highest BCUT2D eigenvalue weighted by molar-refractivity contribution is 7.99. The van der Waals surface area contributed by atoms with Crippen molar-refractivity contribution in [2.45, 2.75) is 18.4 Å². The highest BCUT2D eigenvalue weighted by Gasteiger charge is 2.02. The standard InChI is InChI=1S/C14H17N3S/c1-3-18-12-6-4-11(5-7-12)13-8-9-16-14(17-13)10-15-2/h4-9,15H,3,10H2,1-2H3. The van der Waals surface area contributed by atoms with Crippen molar-refractivity contribution in [2.24, 2.45) is 0 Å². The Balaban J connectivity index is 2.22. The summed E-state index contributed by atoms with van der Waals surface area (Å²) in [6.45, 7) is 2.85. The van der Waals surface area contributed by atoms with Crippen LogP contribution in [-0.4, -0.2) is 22.8 Å². The van der Waals surface area contributed by atoms with Crippen LogP contribution >= 0.6 is 11.8 Å². The second-order valence-corrected chi connectivity index (χ2v) is 5.18. The molecule has 18 heavy (non-hydrogen) atoms. The van der Waals surface area contributed by atoms with Crippen LogP contribution in [0.3, 0.4) is 0 Å².